The summed E-state index contributed by atoms with van der Waals surface area (Å²) >= 11 is 1.64. The molecule has 1 N–H and O–H groups in total. The van der Waals surface area contributed by atoms with Crippen molar-refractivity contribution in [2.24, 2.45) is 0 Å². The Morgan fingerprint density at radius 3 is 2.35 bits per heavy atom. The van der Waals surface area contributed by atoms with E-state index in [1.807, 2.05) is 25.1 Å². The zero-order chi connectivity index (χ0) is 18.5. The predicted molar refractivity (Wildman–Crippen MR) is 107 cm³/mol. The van der Waals surface area contributed by atoms with E-state index in [0.29, 0.717) is 11.4 Å². The number of hydrogen-bond donors (Lipinski definition) is 1. The second-order valence-electron chi connectivity index (χ2n) is 6.30. The third-order valence-corrected chi connectivity index (χ3v) is 5.04. The van der Waals surface area contributed by atoms with E-state index in [-0.39, 0.29) is 5.91 Å². The van der Waals surface area contributed by atoms with E-state index >= 15 is 0 Å². The number of thioether (sulfide) groups is 1. The summed E-state index contributed by atoms with van der Waals surface area (Å²) in [5.74, 6) is 1.11. The Labute approximate surface area is 158 Å². The van der Waals surface area contributed by atoms with Crippen LogP contribution in [0.5, 0.6) is 0 Å². The quantitative estimate of drug-likeness (QED) is 0.652. The van der Waals surface area contributed by atoms with Gasteiger partial charge in [-0.25, -0.2) is 0 Å². The van der Waals surface area contributed by atoms with Gasteiger partial charge in [-0.2, -0.15) is 0 Å². The molecule has 0 spiro atoms. The Kier molecular flexibility index (Phi) is 5.68. The summed E-state index contributed by atoms with van der Waals surface area (Å²) in [5, 5.41) is 11.9. The number of nitrogens with zero attached hydrogens (tertiary/aromatic N) is 2. The van der Waals surface area contributed by atoms with Gasteiger partial charge >= 0.3 is 0 Å². The predicted octanol–water partition coefficient (Wildman–Crippen LogP) is 4.95. The Morgan fingerprint density at radius 1 is 0.923 bits per heavy atom. The average molecular weight is 363 g/mol. The van der Waals surface area contributed by atoms with E-state index in [1.165, 1.54) is 16.7 Å². The van der Waals surface area contributed by atoms with E-state index in [0.717, 1.165) is 16.3 Å². The molecule has 0 fully saturated rings. The number of aryl methyl sites for hydroxylation is 3. The molecule has 1 heterocycles. The standard InChI is InChI=1S/C21H21N3OS/c1-14-5-8-17(9-6-14)21(25)22-19-10-11-20(24-23-19)26-13-18-12-15(2)4-7-16(18)3/h4-12H,13H2,1-3H3,(H,22,23,25). The van der Waals surface area contributed by atoms with E-state index in [1.54, 1.807) is 30.0 Å². The van der Waals surface area contributed by atoms with Crippen molar-refractivity contribution in [2.75, 3.05) is 5.32 Å². The van der Waals surface area contributed by atoms with Crippen LogP contribution in [0.3, 0.4) is 0 Å². The third kappa shape index (κ3) is 4.70. The molecule has 2 aromatic carbocycles. The molecular weight excluding hydrogens is 342 g/mol. The van der Waals surface area contributed by atoms with Crippen LogP contribution < -0.4 is 5.32 Å². The SMILES string of the molecule is Cc1ccc(C(=O)Nc2ccc(SCc3cc(C)ccc3C)nn2)cc1. The van der Waals surface area contributed by atoms with Crippen LogP contribution in [0.25, 0.3) is 0 Å². The van der Waals surface area contributed by atoms with Crippen molar-refractivity contribution in [1.82, 2.24) is 10.2 Å². The molecular formula is C21H21N3OS. The number of amides is 1. The van der Waals surface area contributed by atoms with E-state index in [4.69, 9.17) is 0 Å². The molecule has 5 heteroatoms. The third-order valence-electron chi connectivity index (χ3n) is 4.08. The molecule has 0 atom stereocenters. The van der Waals surface area contributed by atoms with Crippen molar-refractivity contribution in [3.63, 3.8) is 0 Å². The highest BCUT2D eigenvalue weighted by atomic mass is 32.2. The molecule has 0 aliphatic heterocycles. The van der Waals surface area contributed by atoms with Crippen molar-refractivity contribution in [3.05, 3.63) is 82.4 Å². The molecule has 132 valence electrons. The summed E-state index contributed by atoms with van der Waals surface area (Å²) in [6.07, 6.45) is 0. The maximum Gasteiger partial charge on any atom is 0.256 e. The molecule has 3 rings (SSSR count). The van der Waals surface area contributed by atoms with Crippen LogP contribution in [-0.4, -0.2) is 16.1 Å². The summed E-state index contributed by atoms with van der Waals surface area (Å²) < 4.78 is 0. The topological polar surface area (TPSA) is 54.9 Å². The largest absolute Gasteiger partial charge is 0.305 e. The van der Waals surface area contributed by atoms with Gasteiger partial charge in [0.2, 0.25) is 0 Å². The molecule has 4 nitrogen and oxygen atoms in total. The zero-order valence-electron chi connectivity index (χ0n) is 15.1. The number of rotatable bonds is 5. The summed E-state index contributed by atoms with van der Waals surface area (Å²) in [7, 11) is 0. The van der Waals surface area contributed by atoms with Gasteiger partial charge in [-0.1, -0.05) is 53.2 Å². The van der Waals surface area contributed by atoms with Gasteiger partial charge in [-0.05, 0) is 56.2 Å². The van der Waals surface area contributed by atoms with Crippen LogP contribution in [0.1, 0.15) is 32.6 Å². The Morgan fingerprint density at radius 2 is 1.65 bits per heavy atom. The fourth-order valence-corrected chi connectivity index (χ4v) is 3.34. The number of hydrogen-bond acceptors (Lipinski definition) is 4. The number of anilines is 1. The number of benzene rings is 2. The molecule has 0 unspecified atom stereocenters. The number of nitrogens with one attached hydrogen (secondary N) is 1. The van der Waals surface area contributed by atoms with Crippen LogP contribution in [0.15, 0.2) is 59.6 Å². The molecule has 1 aromatic heterocycles. The summed E-state index contributed by atoms with van der Waals surface area (Å²) in [6, 6.07) is 17.5. The van der Waals surface area contributed by atoms with E-state index < -0.39 is 0 Å². The van der Waals surface area contributed by atoms with Crippen LogP contribution in [0, 0.1) is 20.8 Å². The van der Waals surface area contributed by atoms with Crippen molar-refractivity contribution in [2.45, 2.75) is 31.6 Å². The van der Waals surface area contributed by atoms with E-state index in [2.05, 4.69) is 47.6 Å². The minimum atomic E-state index is -0.185. The van der Waals surface area contributed by atoms with Gasteiger partial charge in [-0.15, -0.1) is 10.2 Å². The lowest BCUT2D eigenvalue weighted by atomic mass is 10.1. The maximum atomic E-state index is 12.2. The van der Waals surface area contributed by atoms with Crippen molar-refractivity contribution < 1.29 is 4.79 Å². The molecule has 0 bridgehead atoms. The van der Waals surface area contributed by atoms with Gasteiger partial charge < -0.3 is 5.32 Å². The number of carbonyl (C=O) groups excluding carboxylic acids is 1. The van der Waals surface area contributed by atoms with Gasteiger partial charge in [0.1, 0.15) is 5.03 Å². The molecule has 0 aliphatic rings. The smallest absolute Gasteiger partial charge is 0.256 e. The first-order valence-electron chi connectivity index (χ1n) is 8.42. The van der Waals surface area contributed by atoms with Crippen molar-refractivity contribution in [3.8, 4) is 0 Å². The summed E-state index contributed by atoms with van der Waals surface area (Å²) in [6.45, 7) is 6.20. The lowest BCUT2D eigenvalue weighted by molar-refractivity contribution is 0.102. The fourth-order valence-electron chi connectivity index (χ4n) is 2.46. The molecule has 0 radical (unpaired) electrons. The Bertz CT molecular complexity index is 906. The van der Waals surface area contributed by atoms with Gasteiger partial charge in [0.15, 0.2) is 5.82 Å². The first kappa shape index (κ1) is 18.1. The minimum absolute atomic E-state index is 0.185. The van der Waals surface area contributed by atoms with Gasteiger partial charge in [-0.3, -0.25) is 4.79 Å². The molecule has 0 saturated heterocycles. The number of aromatic nitrogens is 2. The summed E-state index contributed by atoms with van der Waals surface area (Å²) in [4.78, 5) is 12.2. The zero-order valence-corrected chi connectivity index (χ0v) is 15.9. The average Bonchev–Trinajstić information content (AvgIpc) is 2.64. The minimum Gasteiger partial charge on any atom is -0.305 e. The molecule has 1 amide bonds. The highest BCUT2D eigenvalue weighted by molar-refractivity contribution is 7.98. The highest BCUT2D eigenvalue weighted by Crippen LogP contribution is 2.23. The van der Waals surface area contributed by atoms with Crippen LogP contribution in [0.4, 0.5) is 5.82 Å². The lowest BCUT2D eigenvalue weighted by Gasteiger charge is -2.07. The normalized spacial score (nSPS) is 10.6. The molecule has 3 aromatic rings. The Hall–Kier alpha value is -2.66. The first-order chi connectivity index (χ1) is 12.5. The van der Waals surface area contributed by atoms with Crippen molar-refractivity contribution >= 4 is 23.5 Å². The fraction of sp³-hybridized carbons (Fsp3) is 0.190. The molecule has 0 aliphatic carbocycles. The summed E-state index contributed by atoms with van der Waals surface area (Å²) in [5.41, 5.74) is 5.55. The first-order valence-corrected chi connectivity index (χ1v) is 9.40. The lowest BCUT2D eigenvalue weighted by Crippen LogP contribution is -2.13. The van der Waals surface area contributed by atoms with Crippen LogP contribution >= 0.6 is 11.8 Å². The monoisotopic (exact) mass is 363 g/mol. The molecule has 26 heavy (non-hydrogen) atoms. The second kappa shape index (κ2) is 8.15. The van der Waals surface area contributed by atoms with Gasteiger partial charge in [0.25, 0.3) is 5.91 Å². The maximum absolute atomic E-state index is 12.2. The van der Waals surface area contributed by atoms with Gasteiger partial charge in [0.05, 0.1) is 0 Å². The molecule has 0 saturated carbocycles. The van der Waals surface area contributed by atoms with Crippen LogP contribution in [-0.2, 0) is 5.75 Å². The van der Waals surface area contributed by atoms with Gasteiger partial charge in [0, 0.05) is 11.3 Å². The van der Waals surface area contributed by atoms with Crippen molar-refractivity contribution in [1.29, 1.82) is 0 Å². The second-order valence-corrected chi connectivity index (χ2v) is 7.29. The van der Waals surface area contributed by atoms with E-state index in [9.17, 15) is 4.79 Å². The Balaban J connectivity index is 1.60. The van der Waals surface area contributed by atoms with Crippen LogP contribution in [0.2, 0.25) is 0 Å². The highest BCUT2D eigenvalue weighted by Gasteiger charge is 2.08. The number of carbonyl (C=O) groups is 1.